The summed E-state index contributed by atoms with van der Waals surface area (Å²) in [4.78, 5) is 0. The van der Waals surface area contributed by atoms with Crippen molar-refractivity contribution in [3.05, 3.63) is 34.9 Å². The standard InChI is InChI=1S/C19H19NO4/c1-21-13-5-3-4-10-8-12-15-11(6-7-20-12)17(22-2)19-18(23-9-24-19)16(15)14(10)13/h3-5,12,20H,6-9H2,1-2H3/t12-/m1/s1. The molecule has 24 heavy (non-hydrogen) atoms. The van der Waals surface area contributed by atoms with Crippen molar-refractivity contribution in [2.24, 2.45) is 0 Å². The Labute approximate surface area is 140 Å². The summed E-state index contributed by atoms with van der Waals surface area (Å²) in [6.07, 6.45) is 1.86. The van der Waals surface area contributed by atoms with E-state index in [1.807, 2.05) is 12.1 Å². The second-order valence-corrected chi connectivity index (χ2v) is 6.32. The molecule has 0 amide bonds. The smallest absolute Gasteiger partial charge is 0.231 e. The van der Waals surface area contributed by atoms with Crippen molar-refractivity contribution in [2.75, 3.05) is 27.6 Å². The maximum Gasteiger partial charge on any atom is 0.231 e. The van der Waals surface area contributed by atoms with Gasteiger partial charge in [-0.25, -0.2) is 0 Å². The summed E-state index contributed by atoms with van der Waals surface area (Å²) < 4.78 is 23.0. The summed E-state index contributed by atoms with van der Waals surface area (Å²) in [5.41, 5.74) is 6.02. The summed E-state index contributed by atoms with van der Waals surface area (Å²) in [6.45, 7) is 1.16. The third-order valence-electron chi connectivity index (χ3n) is 5.24. The maximum atomic E-state index is 5.88. The highest BCUT2D eigenvalue weighted by Gasteiger charge is 2.39. The number of ether oxygens (including phenoxy) is 4. The van der Waals surface area contributed by atoms with E-state index >= 15 is 0 Å². The molecule has 5 rings (SSSR count). The molecular weight excluding hydrogens is 306 g/mol. The molecular formula is C19H19NO4. The van der Waals surface area contributed by atoms with Crippen molar-refractivity contribution in [2.45, 2.75) is 18.9 Å². The van der Waals surface area contributed by atoms with Gasteiger partial charge < -0.3 is 24.3 Å². The number of hydrogen-bond acceptors (Lipinski definition) is 5. The van der Waals surface area contributed by atoms with Gasteiger partial charge in [0, 0.05) is 22.7 Å². The molecule has 0 unspecified atom stereocenters. The summed E-state index contributed by atoms with van der Waals surface area (Å²) in [5, 5.41) is 3.65. The number of rotatable bonds is 2. The van der Waals surface area contributed by atoms with E-state index in [-0.39, 0.29) is 12.8 Å². The van der Waals surface area contributed by atoms with Crippen LogP contribution in [0.25, 0.3) is 11.1 Å². The first-order chi connectivity index (χ1) is 11.8. The topological polar surface area (TPSA) is 49.0 Å². The van der Waals surface area contributed by atoms with E-state index in [1.165, 1.54) is 16.7 Å². The molecule has 5 nitrogen and oxygen atoms in total. The van der Waals surface area contributed by atoms with E-state index in [4.69, 9.17) is 18.9 Å². The van der Waals surface area contributed by atoms with Crippen LogP contribution in [0, 0.1) is 0 Å². The molecule has 3 aliphatic rings. The van der Waals surface area contributed by atoms with Gasteiger partial charge in [-0.15, -0.1) is 0 Å². The summed E-state index contributed by atoms with van der Waals surface area (Å²) in [5.74, 6) is 3.21. The van der Waals surface area contributed by atoms with Crippen molar-refractivity contribution >= 4 is 0 Å². The van der Waals surface area contributed by atoms with Crippen molar-refractivity contribution in [3.8, 4) is 34.1 Å². The van der Waals surface area contributed by atoms with Gasteiger partial charge in [0.2, 0.25) is 12.5 Å². The van der Waals surface area contributed by atoms with Crippen molar-refractivity contribution in [1.29, 1.82) is 0 Å². The van der Waals surface area contributed by atoms with Gasteiger partial charge in [-0.1, -0.05) is 12.1 Å². The van der Waals surface area contributed by atoms with Crippen LogP contribution < -0.4 is 24.3 Å². The zero-order valence-electron chi connectivity index (χ0n) is 13.8. The normalized spacial score (nSPS) is 19.5. The van der Waals surface area contributed by atoms with Gasteiger partial charge in [-0.05, 0) is 36.6 Å². The van der Waals surface area contributed by atoms with E-state index in [2.05, 4.69) is 11.4 Å². The van der Waals surface area contributed by atoms with Gasteiger partial charge in [0.05, 0.1) is 14.2 Å². The molecule has 124 valence electrons. The molecule has 1 atom stereocenters. The van der Waals surface area contributed by atoms with E-state index in [9.17, 15) is 0 Å². The Bertz CT molecular complexity index is 846. The first-order valence-electron chi connectivity index (χ1n) is 8.25. The largest absolute Gasteiger partial charge is 0.496 e. The van der Waals surface area contributed by atoms with Crippen LogP contribution in [0.1, 0.15) is 22.7 Å². The predicted molar refractivity (Wildman–Crippen MR) is 89.3 cm³/mol. The summed E-state index contributed by atoms with van der Waals surface area (Å²) in [7, 11) is 3.42. The lowest BCUT2D eigenvalue weighted by Gasteiger charge is -2.36. The van der Waals surface area contributed by atoms with E-state index in [0.29, 0.717) is 0 Å². The van der Waals surface area contributed by atoms with Crippen LogP contribution >= 0.6 is 0 Å². The minimum atomic E-state index is 0.226. The highest BCUT2D eigenvalue weighted by molar-refractivity contribution is 5.89. The molecule has 0 aromatic heterocycles. The number of fused-ring (bicyclic) bond motifs is 4. The third-order valence-corrected chi connectivity index (χ3v) is 5.24. The van der Waals surface area contributed by atoms with Crippen molar-refractivity contribution < 1.29 is 18.9 Å². The Morgan fingerprint density at radius 2 is 1.96 bits per heavy atom. The molecule has 2 heterocycles. The van der Waals surface area contributed by atoms with Gasteiger partial charge >= 0.3 is 0 Å². The fraction of sp³-hybridized carbons (Fsp3) is 0.368. The van der Waals surface area contributed by atoms with Crippen LogP contribution in [-0.4, -0.2) is 27.6 Å². The Morgan fingerprint density at radius 3 is 2.79 bits per heavy atom. The quantitative estimate of drug-likeness (QED) is 0.920. The SMILES string of the molecule is COc1cccc2c1-c1c3c(c(OC)c4c1[C@@H](C2)NCC4)OCO3. The fourth-order valence-electron chi connectivity index (χ4n) is 4.33. The lowest BCUT2D eigenvalue weighted by atomic mass is 9.76. The van der Waals surface area contributed by atoms with Gasteiger partial charge in [0.15, 0.2) is 11.5 Å². The molecule has 0 bridgehead atoms. The van der Waals surface area contributed by atoms with Gasteiger partial charge in [0.25, 0.3) is 0 Å². The van der Waals surface area contributed by atoms with Crippen LogP contribution in [0.4, 0.5) is 0 Å². The Kier molecular flexibility index (Phi) is 2.94. The zero-order chi connectivity index (χ0) is 16.3. The van der Waals surface area contributed by atoms with E-state index in [0.717, 1.165) is 53.5 Å². The first-order valence-corrected chi connectivity index (χ1v) is 8.25. The highest BCUT2D eigenvalue weighted by atomic mass is 16.7. The lowest BCUT2D eigenvalue weighted by Crippen LogP contribution is -2.34. The molecule has 0 radical (unpaired) electrons. The predicted octanol–water partition coefficient (Wildman–Crippen LogP) is 2.84. The van der Waals surface area contributed by atoms with Crippen molar-refractivity contribution in [3.63, 3.8) is 0 Å². The van der Waals surface area contributed by atoms with Crippen LogP contribution in [-0.2, 0) is 12.8 Å². The molecule has 2 aromatic rings. The zero-order valence-corrected chi connectivity index (χ0v) is 13.8. The van der Waals surface area contributed by atoms with Crippen LogP contribution in [0.5, 0.6) is 23.0 Å². The molecule has 0 saturated heterocycles. The Morgan fingerprint density at radius 1 is 1.08 bits per heavy atom. The van der Waals surface area contributed by atoms with Crippen LogP contribution in [0.15, 0.2) is 18.2 Å². The Hall–Kier alpha value is -2.40. The average Bonchev–Trinajstić information content (AvgIpc) is 3.10. The van der Waals surface area contributed by atoms with Crippen molar-refractivity contribution in [1.82, 2.24) is 5.32 Å². The minimum Gasteiger partial charge on any atom is -0.496 e. The molecule has 0 fully saturated rings. The summed E-state index contributed by atoms with van der Waals surface area (Å²) in [6, 6.07) is 6.50. The maximum absolute atomic E-state index is 5.88. The van der Waals surface area contributed by atoms with Gasteiger partial charge in [-0.2, -0.15) is 0 Å². The van der Waals surface area contributed by atoms with E-state index in [1.54, 1.807) is 14.2 Å². The molecule has 1 aliphatic carbocycles. The van der Waals surface area contributed by atoms with Crippen LogP contribution in [0.2, 0.25) is 0 Å². The fourth-order valence-corrected chi connectivity index (χ4v) is 4.33. The Balaban J connectivity index is 1.92. The minimum absolute atomic E-state index is 0.226. The second-order valence-electron chi connectivity index (χ2n) is 6.32. The molecule has 0 spiro atoms. The first kappa shape index (κ1) is 14.0. The molecule has 2 aromatic carbocycles. The van der Waals surface area contributed by atoms with E-state index < -0.39 is 0 Å². The van der Waals surface area contributed by atoms with Gasteiger partial charge in [-0.3, -0.25) is 0 Å². The average molecular weight is 325 g/mol. The second kappa shape index (κ2) is 5.05. The van der Waals surface area contributed by atoms with Gasteiger partial charge in [0.1, 0.15) is 5.75 Å². The van der Waals surface area contributed by atoms with Crippen LogP contribution in [0.3, 0.4) is 0 Å². The number of methoxy groups -OCH3 is 2. The summed E-state index contributed by atoms with van der Waals surface area (Å²) >= 11 is 0. The number of hydrogen-bond donors (Lipinski definition) is 1. The molecule has 5 heteroatoms. The number of benzene rings is 2. The molecule has 0 saturated carbocycles. The third kappa shape index (κ3) is 1.68. The lowest BCUT2D eigenvalue weighted by molar-refractivity contribution is 0.171. The molecule has 1 N–H and O–H groups in total. The highest BCUT2D eigenvalue weighted by Crippen LogP contribution is 2.58. The monoisotopic (exact) mass is 325 g/mol. The number of nitrogens with one attached hydrogen (secondary N) is 1. The molecule has 2 aliphatic heterocycles.